The van der Waals surface area contributed by atoms with Crippen molar-refractivity contribution in [2.75, 3.05) is 0 Å². The molecule has 3 N–H and O–H groups in total. The number of carboxylic acid groups (broad SMARTS) is 1. The Kier molecular flexibility index (Phi) is 4.59. The van der Waals surface area contributed by atoms with Crippen LogP contribution in [0.25, 0.3) is 0 Å². The zero-order valence-corrected chi connectivity index (χ0v) is 11.0. The van der Waals surface area contributed by atoms with Crippen molar-refractivity contribution in [2.24, 2.45) is 5.73 Å². The number of benzene rings is 1. The molecule has 0 aromatic heterocycles. The normalized spacial score (nSPS) is 14.5. The Morgan fingerprint density at radius 2 is 2.07 bits per heavy atom. The third-order valence-electron chi connectivity index (χ3n) is 2.30. The molecule has 82 valence electrons. The summed E-state index contributed by atoms with van der Waals surface area (Å²) in [5.41, 5.74) is 4.79. The monoisotopic (exact) mass is 323 g/mol. The number of carbonyl (C=O) groups is 1. The molecule has 1 aromatic carbocycles. The molecule has 4 heteroatoms. The minimum absolute atomic E-state index is 0.486. The molecule has 0 heterocycles. The molecule has 1 rings (SSSR count). The summed E-state index contributed by atoms with van der Waals surface area (Å²) in [4.78, 5) is 11.0. The predicted molar refractivity (Wildman–Crippen MR) is 61.5 cm³/mol. The van der Waals surface area contributed by atoms with E-state index in [1.807, 2.05) is 37.3 Å². The van der Waals surface area contributed by atoms with E-state index in [4.69, 9.17) is 10.8 Å². The van der Waals surface area contributed by atoms with E-state index in [1.54, 1.807) is 0 Å². The number of hydrogen-bond donors (Lipinski definition) is 2. The number of rotatable bonds is 5. The van der Waals surface area contributed by atoms with Gasteiger partial charge >= 0.3 is 99.8 Å². The van der Waals surface area contributed by atoms with Crippen molar-refractivity contribution < 1.29 is 9.90 Å². The van der Waals surface area contributed by atoms with Crippen LogP contribution in [0.1, 0.15) is 13.3 Å². The van der Waals surface area contributed by atoms with Crippen LogP contribution < -0.4 is 9.35 Å². The van der Waals surface area contributed by atoms with Crippen LogP contribution in [-0.2, 0) is 4.79 Å². The third kappa shape index (κ3) is 3.49. The Morgan fingerprint density at radius 1 is 1.47 bits per heavy atom. The summed E-state index contributed by atoms with van der Waals surface area (Å²) < 4.78 is 1.86. The Morgan fingerprint density at radius 3 is 2.53 bits per heavy atom. The van der Waals surface area contributed by atoms with Crippen LogP contribution in [0.2, 0.25) is 4.47 Å². The fourth-order valence-corrected chi connectivity index (χ4v) is 4.19. The molecule has 1 atom stereocenters. The Labute approximate surface area is 99.8 Å². The zero-order valence-electron chi connectivity index (χ0n) is 8.64. The first kappa shape index (κ1) is 12.5. The fourth-order valence-electron chi connectivity index (χ4n) is 1.04. The van der Waals surface area contributed by atoms with Gasteiger partial charge in [-0.2, -0.15) is 0 Å². The van der Waals surface area contributed by atoms with E-state index in [0.29, 0.717) is 10.9 Å². The Balaban J connectivity index is 2.59. The maximum absolute atomic E-state index is 11.0. The summed E-state index contributed by atoms with van der Waals surface area (Å²) >= 11 is -0.493. The number of nitrogens with two attached hydrogens (primary N) is 1. The summed E-state index contributed by atoms with van der Waals surface area (Å²) in [5.74, 6) is -0.883. The number of hydrogen-bond acceptors (Lipinski definition) is 2. The van der Waals surface area contributed by atoms with Crippen molar-refractivity contribution in [3.63, 3.8) is 0 Å². The molecule has 0 bridgehead atoms. The summed E-state index contributed by atoms with van der Waals surface area (Å²) in [6, 6.07) is 10.00. The number of aliphatic carboxylic acids is 1. The van der Waals surface area contributed by atoms with Gasteiger partial charge in [0, 0.05) is 0 Å². The molecular formula is C11H15NO2Te. The van der Waals surface area contributed by atoms with Gasteiger partial charge in [0.25, 0.3) is 0 Å². The van der Waals surface area contributed by atoms with Crippen LogP contribution in [0, 0.1) is 0 Å². The summed E-state index contributed by atoms with van der Waals surface area (Å²) in [6.45, 7) is 1.83. The van der Waals surface area contributed by atoms with E-state index in [0.717, 1.165) is 0 Å². The van der Waals surface area contributed by atoms with E-state index < -0.39 is 32.4 Å². The molecule has 1 unspecified atom stereocenters. The second kappa shape index (κ2) is 5.50. The molecule has 0 aliphatic rings. The molecule has 0 aliphatic heterocycles. The molecule has 0 fully saturated rings. The van der Waals surface area contributed by atoms with Crippen LogP contribution in [-0.4, -0.2) is 37.5 Å². The molecule has 15 heavy (non-hydrogen) atoms. The van der Waals surface area contributed by atoms with Crippen molar-refractivity contribution >= 4 is 30.5 Å². The number of carboxylic acids is 1. The molecule has 0 spiro atoms. The van der Waals surface area contributed by atoms with Gasteiger partial charge in [-0.1, -0.05) is 0 Å². The van der Waals surface area contributed by atoms with Gasteiger partial charge in [0.2, 0.25) is 0 Å². The SMILES string of the molecule is CCC(N)(C[Te]c1ccccc1)C(=O)O. The molecule has 0 saturated carbocycles. The second-order valence-corrected chi connectivity index (χ2v) is 6.41. The molecule has 0 radical (unpaired) electrons. The van der Waals surface area contributed by atoms with Gasteiger partial charge in [-0.05, 0) is 0 Å². The van der Waals surface area contributed by atoms with Gasteiger partial charge in [-0.3, -0.25) is 0 Å². The summed E-state index contributed by atoms with van der Waals surface area (Å²) in [6.07, 6.45) is 0.486. The second-order valence-electron chi connectivity index (χ2n) is 3.42. The van der Waals surface area contributed by atoms with E-state index in [1.165, 1.54) is 3.61 Å². The van der Waals surface area contributed by atoms with E-state index in [9.17, 15) is 4.79 Å². The van der Waals surface area contributed by atoms with Crippen molar-refractivity contribution in [1.29, 1.82) is 0 Å². The predicted octanol–water partition coefficient (Wildman–Crippen LogP) is 0.626. The quantitative estimate of drug-likeness (QED) is 0.782. The van der Waals surface area contributed by atoms with Crippen molar-refractivity contribution in [3.05, 3.63) is 30.3 Å². The fraction of sp³-hybridized carbons (Fsp3) is 0.364. The van der Waals surface area contributed by atoms with Crippen LogP contribution in [0.5, 0.6) is 0 Å². The van der Waals surface area contributed by atoms with Crippen LogP contribution >= 0.6 is 0 Å². The first-order valence-corrected chi connectivity index (χ1v) is 7.60. The third-order valence-corrected chi connectivity index (χ3v) is 5.91. The van der Waals surface area contributed by atoms with E-state index in [-0.39, 0.29) is 0 Å². The van der Waals surface area contributed by atoms with Gasteiger partial charge < -0.3 is 0 Å². The summed E-state index contributed by atoms with van der Waals surface area (Å²) in [7, 11) is 0. The van der Waals surface area contributed by atoms with E-state index >= 15 is 0 Å². The van der Waals surface area contributed by atoms with Crippen molar-refractivity contribution in [1.82, 2.24) is 0 Å². The first-order valence-electron chi connectivity index (χ1n) is 4.78. The molecule has 3 nitrogen and oxygen atoms in total. The Hall–Kier alpha value is -0.560. The maximum atomic E-state index is 11.0. The van der Waals surface area contributed by atoms with E-state index in [2.05, 4.69) is 0 Å². The van der Waals surface area contributed by atoms with Crippen LogP contribution in [0.4, 0.5) is 0 Å². The van der Waals surface area contributed by atoms with Gasteiger partial charge in [0.15, 0.2) is 0 Å². The molecule has 0 aliphatic carbocycles. The molecule has 0 amide bonds. The zero-order chi connectivity index (χ0) is 11.3. The summed E-state index contributed by atoms with van der Waals surface area (Å²) in [5, 5.41) is 9.01. The average Bonchev–Trinajstić information content (AvgIpc) is 2.27. The van der Waals surface area contributed by atoms with Gasteiger partial charge in [0.1, 0.15) is 0 Å². The van der Waals surface area contributed by atoms with Gasteiger partial charge in [0.05, 0.1) is 0 Å². The Bertz CT molecular complexity index is 329. The van der Waals surface area contributed by atoms with Crippen LogP contribution in [0.15, 0.2) is 30.3 Å². The van der Waals surface area contributed by atoms with Gasteiger partial charge in [-0.15, -0.1) is 0 Å². The van der Waals surface area contributed by atoms with Crippen molar-refractivity contribution in [3.8, 4) is 0 Å². The minimum atomic E-state index is -1.03. The standard InChI is InChI=1S/C11H15NO2Te/c1-2-11(12,10(13)14)8-15-9-6-4-3-5-7-9/h3-7H,2,8,12H2,1H3,(H,13,14). The molecule has 1 aromatic rings. The molecular weight excluding hydrogens is 306 g/mol. The van der Waals surface area contributed by atoms with Crippen molar-refractivity contribution in [2.45, 2.75) is 23.4 Å². The first-order chi connectivity index (χ1) is 7.08. The van der Waals surface area contributed by atoms with Gasteiger partial charge in [-0.25, -0.2) is 0 Å². The topological polar surface area (TPSA) is 63.3 Å². The molecule has 0 saturated heterocycles. The van der Waals surface area contributed by atoms with Crippen LogP contribution in [0.3, 0.4) is 0 Å². The average molecular weight is 321 g/mol.